The summed E-state index contributed by atoms with van der Waals surface area (Å²) in [7, 11) is 0. The normalized spacial score (nSPS) is 12.9. The monoisotopic (exact) mass is 594 g/mol. The maximum atomic E-state index is 3.21. The minimum absolute atomic E-state index is 0. The van der Waals surface area contributed by atoms with Crippen molar-refractivity contribution in [3.05, 3.63) is 156 Å². The Balaban J connectivity index is 0.00000127. The van der Waals surface area contributed by atoms with Gasteiger partial charge < -0.3 is 0 Å². The third-order valence-electron chi connectivity index (χ3n) is 7.19. The topological polar surface area (TPSA) is 0 Å². The Morgan fingerprint density at radius 3 is 1.40 bits per heavy atom. The van der Waals surface area contributed by atoms with Crippen LogP contribution in [0.2, 0.25) is 0 Å². The molecule has 0 unspecified atom stereocenters. The van der Waals surface area contributed by atoms with Crippen LogP contribution in [0, 0.1) is 12.1 Å². The Labute approximate surface area is 256 Å². The van der Waals surface area contributed by atoms with Gasteiger partial charge in [-0.25, -0.2) is 0 Å². The van der Waals surface area contributed by atoms with Crippen molar-refractivity contribution >= 4 is 21.5 Å². The number of hydrogen-bond acceptors (Lipinski definition) is 0. The maximum Gasteiger partial charge on any atom is 0.0711 e. The van der Waals surface area contributed by atoms with Gasteiger partial charge in [-0.2, -0.15) is 48.5 Å². The molecule has 160 valence electrons. The van der Waals surface area contributed by atoms with Gasteiger partial charge in [0, 0.05) is 65.4 Å². The van der Waals surface area contributed by atoms with E-state index >= 15 is 0 Å². The fourth-order valence-corrected chi connectivity index (χ4v) is 5.74. The minimum atomic E-state index is -0.380. The minimum Gasteiger partial charge on any atom is -0.183 e. The molecule has 0 fully saturated rings. The number of hydrogen-bond donors (Lipinski definition) is 0. The van der Waals surface area contributed by atoms with E-state index in [0.29, 0.717) is 0 Å². The fourth-order valence-electron chi connectivity index (χ4n) is 5.74. The van der Waals surface area contributed by atoms with Gasteiger partial charge in [-0.1, -0.05) is 72.8 Å². The van der Waals surface area contributed by atoms with Crippen LogP contribution in [0.1, 0.15) is 22.3 Å². The Bertz CT molecular complexity index is 1560. The Kier molecular flexibility index (Phi) is 6.95. The van der Waals surface area contributed by atoms with Crippen molar-refractivity contribution < 1.29 is 65.4 Å². The second-order valence-corrected chi connectivity index (χ2v) is 8.82. The summed E-state index contributed by atoms with van der Waals surface area (Å²) in [5.41, 5.74) is 7.52. The third kappa shape index (κ3) is 3.73. The van der Waals surface area contributed by atoms with E-state index in [2.05, 4.69) is 121 Å². The number of benzene rings is 6. The molecule has 7 rings (SSSR count). The van der Waals surface area contributed by atoms with Gasteiger partial charge in [0.05, 0.1) is 5.41 Å². The van der Waals surface area contributed by atoms with Crippen LogP contribution in [0.15, 0.2) is 121 Å². The van der Waals surface area contributed by atoms with E-state index in [-0.39, 0.29) is 70.8 Å². The molecule has 1 aliphatic rings. The van der Waals surface area contributed by atoms with Crippen LogP contribution in [0.4, 0.5) is 0 Å². The van der Waals surface area contributed by atoms with E-state index in [1.165, 1.54) is 54.9 Å². The molecule has 0 spiro atoms. The van der Waals surface area contributed by atoms with Crippen molar-refractivity contribution in [1.29, 1.82) is 0 Å². The summed E-state index contributed by atoms with van der Waals surface area (Å²) in [6.07, 6.45) is 0. The van der Waals surface area contributed by atoms with Crippen LogP contribution in [-0.2, 0) is 70.8 Å². The van der Waals surface area contributed by atoms with Crippen molar-refractivity contribution in [2.75, 3.05) is 0 Å². The van der Waals surface area contributed by atoms with Crippen LogP contribution >= 0.6 is 0 Å². The molecule has 2 radical (unpaired) electrons. The summed E-state index contributed by atoms with van der Waals surface area (Å²) < 4.78 is 0. The van der Waals surface area contributed by atoms with Crippen molar-refractivity contribution in [3.63, 3.8) is 0 Å². The van der Waals surface area contributed by atoms with Crippen molar-refractivity contribution in [3.8, 4) is 11.1 Å². The second kappa shape index (κ2) is 9.83. The van der Waals surface area contributed by atoms with Gasteiger partial charge in [0.25, 0.3) is 0 Å². The first kappa shape index (κ1) is 24.7. The maximum absolute atomic E-state index is 3.21. The van der Waals surface area contributed by atoms with E-state index in [1.54, 1.807) is 0 Å². The second-order valence-electron chi connectivity index (χ2n) is 8.82. The molecule has 0 N–H and O–H groups in total. The molecule has 0 atom stereocenters. The van der Waals surface area contributed by atoms with E-state index < -0.39 is 0 Å². The largest absolute Gasteiger partial charge is 0.183 e. The first-order valence-electron chi connectivity index (χ1n) is 11.4. The van der Waals surface area contributed by atoms with E-state index in [9.17, 15) is 0 Å². The molecule has 6 aromatic rings. The summed E-state index contributed by atoms with van der Waals surface area (Å²) in [4.78, 5) is 0. The predicted octanol–water partition coefficient (Wildman–Crippen LogP) is 7.95. The molecule has 0 heterocycles. The Hall–Kier alpha value is -1.95. The van der Waals surface area contributed by atoms with Gasteiger partial charge in [0.1, 0.15) is 0 Å². The van der Waals surface area contributed by atoms with Gasteiger partial charge in [0.15, 0.2) is 0 Å². The third-order valence-corrected chi connectivity index (χ3v) is 7.19. The molecular formula is C33H20Y2-2. The van der Waals surface area contributed by atoms with Crippen molar-refractivity contribution in [2.24, 2.45) is 0 Å². The van der Waals surface area contributed by atoms with Crippen molar-refractivity contribution in [2.45, 2.75) is 5.41 Å². The van der Waals surface area contributed by atoms with Crippen LogP contribution in [0.25, 0.3) is 32.7 Å². The summed E-state index contributed by atoms with van der Waals surface area (Å²) in [5, 5.41) is 4.90. The SMILES string of the molecule is [Y].[Y].[c-]1ccc2cc(C3(c4ccc5c[c-]ccc5c4)c4ccccc4-c4ccccc43)ccc2c1. The van der Waals surface area contributed by atoms with Crippen LogP contribution < -0.4 is 0 Å². The van der Waals surface area contributed by atoms with E-state index in [0.717, 1.165) is 0 Å². The summed E-state index contributed by atoms with van der Waals surface area (Å²) in [6, 6.07) is 50.5. The molecular weight excluding hydrogens is 574 g/mol. The van der Waals surface area contributed by atoms with Gasteiger partial charge in [-0.3, -0.25) is 0 Å². The summed E-state index contributed by atoms with van der Waals surface area (Å²) >= 11 is 0. The van der Waals surface area contributed by atoms with E-state index in [1.807, 2.05) is 12.1 Å². The van der Waals surface area contributed by atoms with Gasteiger partial charge in [0.2, 0.25) is 0 Å². The molecule has 0 aliphatic heterocycles. The predicted molar refractivity (Wildman–Crippen MR) is 136 cm³/mol. The fraction of sp³-hybridized carbons (Fsp3) is 0.0303. The zero-order valence-corrected chi connectivity index (χ0v) is 24.9. The van der Waals surface area contributed by atoms with Gasteiger partial charge in [-0.15, -0.1) is 33.7 Å². The molecule has 1 aliphatic carbocycles. The Morgan fingerprint density at radius 2 is 0.914 bits per heavy atom. The molecule has 0 nitrogen and oxygen atoms in total. The van der Waals surface area contributed by atoms with Crippen molar-refractivity contribution in [1.82, 2.24) is 0 Å². The molecule has 0 aromatic heterocycles. The summed E-state index contributed by atoms with van der Waals surface area (Å²) in [5.74, 6) is 0. The van der Waals surface area contributed by atoms with Crippen LogP contribution in [0.5, 0.6) is 0 Å². The standard InChI is InChI=1S/C33H20.2Y/c1-3-11-25-21-27(19-17-23(25)9-1)33(28-20-18-24-10-2-4-12-26(24)22-28)31-15-7-5-13-29(31)30-14-6-8-16-32(30)33;;/h3-22H;;/q-2;;. The average Bonchev–Trinajstić information content (AvgIpc) is 3.19. The van der Waals surface area contributed by atoms with Crippen LogP contribution in [0.3, 0.4) is 0 Å². The molecule has 0 amide bonds. The van der Waals surface area contributed by atoms with Gasteiger partial charge in [-0.05, 0) is 33.4 Å². The first-order chi connectivity index (χ1) is 16.4. The summed E-state index contributed by atoms with van der Waals surface area (Å²) in [6.45, 7) is 0. The van der Waals surface area contributed by atoms with Gasteiger partial charge >= 0.3 is 0 Å². The molecule has 0 bridgehead atoms. The number of rotatable bonds is 2. The zero-order valence-electron chi connectivity index (χ0n) is 19.2. The molecule has 0 saturated carbocycles. The molecule has 0 saturated heterocycles. The first-order valence-corrected chi connectivity index (χ1v) is 11.4. The molecule has 35 heavy (non-hydrogen) atoms. The van der Waals surface area contributed by atoms with Crippen LogP contribution in [-0.4, -0.2) is 0 Å². The molecule has 2 heteroatoms. The average molecular weight is 594 g/mol. The molecule has 6 aromatic carbocycles. The van der Waals surface area contributed by atoms with E-state index in [4.69, 9.17) is 0 Å². The quantitative estimate of drug-likeness (QED) is 0.178. The Morgan fingerprint density at radius 1 is 0.457 bits per heavy atom. The number of fused-ring (bicyclic) bond motifs is 5. The smallest absolute Gasteiger partial charge is 0.0711 e. The zero-order chi connectivity index (χ0) is 21.8.